The number of esters is 3. The summed E-state index contributed by atoms with van der Waals surface area (Å²) in [5.74, 6) is -3.46. The van der Waals surface area contributed by atoms with Crippen molar-refractivity contribution in [1.29, 1.82) is 0 Å². The van der Waals surface area contributed by atoms with Crippen molar-refractivity contribution in [1.82, 2.24) is 4.98 Å². The first-order chi connectivity index (χ1) is 15.0. The number of ether oxygens (including phenoxy) is 3. The third-order valence-corrected chi connectivity index (χ3v) is 4.06. The molecule has 0 aliphatic heterocycles. The van der Waals surface area contributed by atoms with E-state index in [1.807, 2.05) is 0 Å². The van der Waals surface area contributed by atoms with Crippen molar-refractivity contribution in [2.75, 3.05) is 0 Å². The molecule has 1 aromatic heterocycles. The average Bonchev–Trinajstić information content (AvgIpc) is 2.68. The van der Waals surface area contributed by atoms with Crippen LogP contribution in [0.4, 0.5) is 0 Å². The molecule has 0 fully saturated rings. The van der Waals surface area contributed by atoms with Crippen molar-refractivity contribution >= 4 is 34.6 Å². The van der Waals surface area contributed by atoms with E-state index < -0.39 is 23.5 Å². The molecule has 10 heteroatoms. The largest absolute Gasteiger partial charge is 0.423 e. The topological polar surface area (TPSA) is 139 Å². The number of benzene rings is 2. The lowest BCUT2D eigenvalue weighted by Gasteiger charge is -2.14. The van der Waals surface area contributed by atoms with E-state index in [0.717, 1.165) is 20.8 Å². The molecule has 2 aromatic carbocycles. The van der Waals surface area contributed by atoms with E-state index >= 15 is 0 Å². The summed E-state index contributed by atoms with van der Waals surface area (Å²) in [5.41, 5.74) is -0.101. The van der Waals surface area contributed by atoms with E-state index in [9.17, 15) is 24.0 Å². The van der Waals surface area contributed by atoms with Crippen LogP contribution in [0.25, 0.3) is 22.4 Å². The van der Waals surface area contributed by atoms with E-state index in [2.05, 4.69) is 4.98 Å². The predicted molar refractivity (Wildman–Crippen MR) is 110 cm³/mol. The predicted octanol–water partition coefficient (Wildman–Crippen LogP) is 2.83. The zero-order chi connectivity index (χ0) is 23.6. The number of carbonyl (C=O) groups excluding carboxylic acids is 4. The van der Waals surface area contributed by atoms with Crippen LogP contribution in [-0.4, -0.2) is 28.7 Å². The number of ketones is 1. The van der Waals surface area contributed by atoms with Gasteiger partial charge in [-0.15, -0.1) is 0 Å². The van der Waals surface area contributed by atoms with Gasteiger partial charge in [-0.1, -0.05) is 0 Å². The summed E-state index contributed by atoms with van der Waals surface area (Å²) in [7, 11) is 0. The van der Waals surface area contributed by atoms with Crippen molar-refractivity contribution in [3.63, 3.8) is 0 Å². The Hall–Kier alpha value is -4.34. The molecule has 0 unspecified atom stereocenters. The Labute approximate surface area is 180 Å². The standard InChI is InChI=1S/C22H17NO9/c1-10(24)14-5-6-17-16(7-14)22(28)32-21(23-17)15-8-18(29-11(2)25)20(31-13(4)27)19(9-15)30-12(3)26/h5-9H,1-4H3. The molecular weight excluding hydrogens is 422 g/mol. The molecule has 0 spiro atoms. The van der Waals surface area contributed by atoms with Crippen molar-refractivity contribution in [3.05, 3.63) is 46.3 Å². The number of hydrogen-bond donors (Lipinski definition) is 0. The van der Waals surface area contributed by atoms with Gasteiger partial charge in [-0.2, -0.15) is 0 Å². The summed E-state index contributed by atoms with van der Waals surface area (Å²) in [4.78, 5) is 63.0. The summed E-state index contributed by atoms with van der Waals surface area (Å²) >= 11 is 0. The molecule has 0 saturated heterocycles. The van der Waals surface area contributed by atoms with Crippen LogP contribution in [0.15, 0.2) is 39.5 Å². The molecule has 3 aromatic rings. The number of Topliss-reactive ketones (excluding diaryl/α,β-unsaturated/α-hetero) is 1. The normalized spacial score (nSPS) is 10.5. The molecule has 0 bridgehead atoms. The van der Waals surface area contributed by atoms with Crippen molar-refractivity contribution < 1.29 is 37.8 Å². The minimum atomic E-state index is -0.764. The molecule has 10 nitrogen and oxygen atoms in total. The van der Waals surface area contributed by atoms with Gasteiger partial charge in [0.25, 0.3) is 0 Å². The van der Waals surface area contributed by atoms with Crippen LogP contribution in [0.3, 0.4) is 0 Å². The Balaban J connectivity index is 2.25. The minimum Gasteiger partial charge on any atom is -0.423 e. The lowest BCUT2D eigenvalue weighted by atomic mass is 10.1. The van der Waals surface area contributed by atoms with Gasteiger partial charge in [-0.25, -0.2) is 9.78 Å². The van der Waals surface area contributed by atoms with E-state index in [1.54, 1.807) is 0 Å². The van der Waals surface area contributed by atoms with Crippen molar-refractivity contribution in [2.45, 2.75) is 27.7 Å². The smallest absolute Gasteiger partial charge is 0.347 e. The highest BCUT2D eigenvalue weighted by molar-refractivity contribution is 5.97. The molecule has 32 heavy (non-hydrogen) atoms. The molecule has 0 amide bonds. The quantitative estimate of drug-likeness (QED) is 0.331. The fraction of sp³-hybridized carbons (Fsp3) is 0.182. The summed E-state index contributed by atoms with van der Waals surface area (Å²) in [6, 6.07) is 6.86. The highest BCUT2D eigenvalue weighted by Gasteiger charge is 2.22. The maximum Gasteiger partial charge on any atom is 0.347 e. The molecule has 1 heterocycles. The third kappa shape index (κ3) is 4.86. The fourth-order valence-electron chi connectivity index (χ4n) is 2.82. The average molecular weight is 439 g/mol. The molecule has 0 atom stereocenters. The molecule has 3 rings (SSSR count). The van der Waals surface area contributed by atoms with Crippen LogP contribution < -0.4 is 19.8 Å². The van der Waals surface area contributed by atoms with Crippen LogP contribution in [0.1, 0.15) is 38.1 Å². The van der Waals surface area contributed by atoms with Gasteiger partial charge in [0.05, 0.1) is 10.9 Å². The number of hydrogen-bond acceptors (Lipinski definition) is 10. The van der Waals surface area contributed by atoms with Gasteiger partial charge < -0.3 is 18.6 Å². The van der Waals surface area contributed by atoms with Gasteiger partial charge in [-0.3, -0.25) is 19.2 Å². The summed E-state index contributed by atoms with van der Waals surface area (Å²) < 4.78 is 20.5. The molecule has 0 N–H and O–H groups in total. The number of carbonyl (C=O) groups is 4. The summed E-state index contributed by atoms with van der Waals surface area (Å²) in [5, 5.41) is 0.0957. The Morgan fingerprint density at radius 1 is 0.812 bits per heavy atom. The zero-order valence-corrected chi connectivity index (χ0v) is 17.5. The van der Waals surface area contributed by atoms with Crippen molar-refractivity contribution in [3.8, 4) is 28.7 Å². The Bertz CT molecular complexity index is 1300. The molecule has 164 valence electrons. The van der Waals surface area contributed by atoms with Gasteiger partial charge in [-0.05, 0) is 37.3 Å². The third-order valence-electron chi connectivity index (χ3n) is 4.06. The van der Waals surface area contributed by atoms with E-state index in [4.69, 9.17) is 18.6 Å². The van der Waals surface area contributed by atoms with Crippen LogP contribution in [0.2, 0.25) is 0 Å². The SMILES string of the molecule is CC(=O)Oc1cc(-c2nc3ccc(C(C)=O)cc3c(=O)o2)cc(OC(C)=O)c1OC(C)=O. The molecule has 0 saturated carbocycles. The first-order valence-electron chi connectivity index (χ1n) is 9.24. The number of aromatic nitrogens is 1. The van der Waals surface area contributed by atoms with Gasteiger partial charge >= 0.3 is 23.5 Å². The van der Waals surface area contributed by atoms with Crippen LogP contribution in [-0.2, 0) is 14.4 Å². The molecule has 0 aliphatic carbocycles. The first kappa shape index (κ1) is 22.3. The second-order valence-corrected chi connectivity index (χ2v) is 6.68. The van der Waals surface area contributed by atoms with E-state index in [0.29, 0.717) is 5.56 Å². The van der Waals surface area contributed by atoms with Crippen LogP contribution in [0, 0.1) is 0 Å². The van der Waals surface area contributed by atoms with Crippen LogP contribution in [0.5, 0.6) is 17.2 Å². The highest BCUT2D eigenvalue weighted by atomic mass is 16.6. The second kappa shape index (κ2) is 8.80. The Morgan fingerprint density at radius 2 is 1.38 bits per heavy atom. The van der Waals surface area contributed by atoms with Crippen molar-refractivity contribution in [2.24, 2.45) is 0 Å². The van der Waals surface area contributed by atoms with E-state index in [1.165, 1.54) is 37.3 Å². The van der Waals surface area contributed by atoms with E-state index in [-0.39, 0.29) is 45.4 Å². The lowest BCUT2D eigenvalue weighted by molar-refractivity contribution is -0.135. The van der Waals surface area contributed by atoms with Gasteiger partial charge in [0, 0.05) is 31.9 Å². The molecule has 0 aliphatic rings. The number of rotatable bonds is 5. The fourth-order valence-corrected chi connectivity index (χ4v) is 2.82. The Morgan fingerprint density at radius 3 is 1.88 bits per heavy atom. The van der Waals surface area contributed by atoms with Gasteiger partial charge in [0.15, 0.2) is 17.3 Å². The van der Waals surface area contributed by atoms with Gasteiger partial charge in [0.2, 0.25) is 11.6 Å². The molecule has 0 radical (unpaired) electrons. The van der Waals surface area contributed by atoms with Crippen LogP contribution >= 0.6 is 0 Å². The first-order valence-corrected chi connectivity index (χ1v) is 9.24. The van der Waals surface area contributed by atoms with Gasteiger partial charge in [0.1, 0.15) is 0 Å². The lowest BCUT2D eigenvalue weighted by Crippen LogP contribution is -2.11. The second-order valence-electron chi connectivity index (χ2n) is 6.68. The number of nitrogens with zero attached hydrogens (tertiary/aromatic N) is 1. The molecular formula is C22H17NO9. The maximum atomic E-state index is 12.5. The highest BCUT2D eigenvalue weighted by Crippen LogP contribution is 2.42. The number of fused-ring (bicyclic) bond motifs is 1. The zero-order valence-electron chi connectivity index (χ0n) is 17.5. The maximum absolute atomic E-state index is 12.5. The summed E-state index contributed by atoms with van der Waals surface area (Å²) in [6.45, 7) is 4.72. The Kier molecular flexibility index (Phi) is 6.15. The monoisotopic (exact) mass is 439 g/mol. The minimum absolute atomic E-state index is 0.0957. The summed E-state index contributed by atoms with van der Waals surface area (Å²) in [6.07, 6.45) is 0.